The van der Waals surface area contributed by atoms with Gasteiger partial charge in [-0.2, -0.15) is 0 Å². The number of aryl methyl sites for hydroxylation is 4. The monoisotopic (exact) mass is 1130 g/mol. The Bertz CT molecular complexity index is 3550. The number of hydrogen-bond acceptors (Lipinski definition) is 3. The van der Waals surface area contributed by atoms with E-state index in [1.807, 2.05) is 60.0 Å². The van der Waals surface area contributed by atoms with Crippen molar-refractivity contribution in [3.63, 3.8) is 0 Å². The van der Waals surface area contributed by atoms with Crippen molar-refractivity contribution in [2.24, 2.45) is 0 Å². The zero-order chi connectivity index (χ0) is 49.6. The van der Waals surface area contributed by atoms with Crippen LogP contribution in [0.15, 0.2) is 183 Å². The third kappa shape index (κ3) is 10.2. The van der Waals surface area contributed by atoms with Crippen LogP contribution < -0.4 is 0 Å². The van der Waals surface area contributed by atoms with Crippen molar-refractivity contribution in [3.8, 4) is 66.6 Å². The van der Waals surface area contributed by atoms with Gasteiger partial charge in [-0.05, 0) is 113 Å². The van der Waals surface area contributed by atoms with E-state index in [2.05, 4.69) is 223 Å². The second kappa shape index (κ2) is 20.3. The first kappa shape index (κ1) is 50.0. The molecule has 0 bridgehead atoms. The zero-order valence-electron chi connectivity index (χ0n) is 42.9. The van der Waals surface area contributed by atoms with Gasteiger partial charge in [0.15, 0.2) is 0 Å². The summed E-state index contributed by atoms with van der Waals surface area (Å²) in [5.41, 5.74) is 20.9. The first-order valence-electron chi connectivity index (χ1n) is 24.5. The molecule has 0 amide bonds. The van der Waals surface area contributed by atoms with Gasteiger partial charge in [0.05, 0.1) is 11.0 Å². The zero-order valence-corrected chi connectivity index (χ0v) is 46.1. The van der Waals surface area contributed by atoms with E-state index in [1.165, 1.54) is 81.6 Å². The van der Waals surface area contributed by atoms with Crippen LogP contribution in [0.25, 0.3) is 88.4 Å². The molecule has 4 nitrogen and oxygen atoms in total. The molecule has 0 saturated carbocycles. The van der Waals surface area contributed by atoms with Crippen LogP contribution in [0.1, 0.15) is 74.2 Å². The summed E-state index contributed by atoms with van der Waals surface area (Å²) >= 11 is 1.82. The van der Waals surface area contributed by atoms with Crippen LogP contribution in [0.3, 0.4) is 0 Å². The quantitative estimate of drug-likeness (QED) is 0.149. The minimum absolute atomic E-state index is 0. The van der Waals surface area contributed by atoms with Crippen LogP contribution in [0.5, 0.6) is 0 Å². The molecule has 5 aromatic heterocycles. The molecule has 0 aliphatic carbocycles. The summed E-state index contributed by atoms with van der Waals surface area (Å²) in [5, 5.41) is 2.58. The van der Waals surface area contributed by atoms with Gasteiger partial charge in [-0.15, -0.1) is 76.6 Å². The van der Waals surface area contributed by atoms with Crippen LogP contribution in [0.2, 0.25) is 0 Å². The van der Waals surface area contributed by atoms with E-state index in [-0.39, 0.29) is 30.9 Å². The summed E-state index contributed by atoms with van der Waals surface area (Å²) in [6.07, 6.45) is 8.50. The summed E-state index contributed by atoms with van der Waals surface area (Å²) in [4.78, 5) is 11.7. The molecule has 0 saturated heterocycles. The third-order valence-electron chi connectivity index (χ3n) is 13.4. The molecule has 1 radical (unpaired) electrons. The maximum absolute atomic E-state index is 4.89. The van der Waals surface area contributed by atoms with E-state index < -0.39 is 0 Å². The Labute approximate surface area is 443 Å². The fraction of sp³-hybridized carbons (Fsp3) is 0.182. The molecule has 5 heterocycles. The normalized spacial score (nSPS) is 11.6. The summed E-state index contributed by atoms with van der Waals surface area (Å²) < 4.78 is 4.80. The van der Waals surface area contributed by atoms with E-state index >= 15 is 0 Å². The number of hydrogen-bond donors (Lipinski definition) is 0. The van der Waals surface area contributed by atoms with E-state index in [1.54, 1.807) is 6.20 Å². The Morgan fingerprint density at radius 3 is 1.64 bits per heavy atom. The first-order chi connectivity index (χ1) is 34.1. The summed E-state index contributed by atoms with van der Waals surface area (Å²) in [6, 6.07) is 63.1. The molecule has 11 aromatic rings. The smallest absolute Gasteiger partial charge is 0.0531 e. The molecule has 0 unspecified atom stereocenters. The number of aromatic nitrogens is 4. The Morgan fingerprint density at radius 2 is 1.10 bits per heavy atom. The van der Waals surface area contributed by atoms with E-state index in [0.29, 0.717) is 0 Å². The van der Waals surface area contributed by atoms with Gasteiger partial charge in [-0.25, -0.2) is 0 Å². The van der Waals surface area contributed by atoms with Crippen molar-refractivity contribution in [3.05, 3.63) is 227 Å². The van der Waals surface area contributed by atoms with E-state index in [4.69, 9.17) is 4.98 Å². The third-order valence-corrected chi connectivity index (χ3v) is 14.6. The minimum Gasteiger partial charge on any atom is -0.316 e. The topological polar surface area (TPSA) is 35.6 Å². The average molecular weight is 1130 g/mol. The molecule has 0 N–H and O–H groups in total. The van der Waals surface area contributed by atoms with Gasteiger partial charge in [-0.1, -0.05) is 144 Å². The molecule has 0 aliphatic rings. The van der Waals surface area contributed by atoms with Crippen LogP contribution in [-0.2, 0) is 30.9 Å². The number of rotatable bonds is 7. The van der Waals surface area contributed by atoms with Gasteiger partial charge in [0.25, 0.3) is 0 Å². The SMILES string of the molecule is Cc1cc(-c2cc(-n3cc(C(C)(C)C)c4ccccc43)cc(-n3cc(C(C)(C)C)c4ccccc43)c2)cc(-c2c[c-]c(-c3ccc(-c4sc(C)cc4C)cn3)cc2C)c1.[Ir].[c-]1ccccc1-c1ccccn1. The van der Waals surface area contributed by atoms with Crippen molar-refractivity contribution >= 4 is 33.1 Å². The van der Waals surface area contributed by atoms with Gasteiger partial charge >= 0.3 is 0 Å². The van der Waals surface area contributed by atoms with Crippen molar-refractivity contribution in [2.75, 3.05) is 0 Å². The van der Waals surface area contributed by atoms with Gasteiger partial charge in [0.1, 0.15) is 0 Å². The van der Waals surface area contributed by atoms with E-state index in [0.717, 1.165) is 39.5 Å². The number of para-hydroxylation sites is 2. The number of fused-ring (bicyclic) bond motifs is 2. The number of pyridine rings is 2. The van der Waals surface area contributed by atoms with Crippen molar-refractivity contribution in [2.45, 2.75) is 80.1 Å². The van der Waals surface area contributed by atoms with Crippen LogP contribution >= 0.6 is 11.3 Å². The number of benzene rings is 6. The maximum atomic E-state index is 4.89. The predicted octanol–water partition coefficient (Wildman–Crippen LogP) is 17.9. The Kier molecular flexibility index (Phi) is 14.1. The maximum Gasteiger partial charge on any atom is 0.0531 e. The molecular weight excluding hydrogens is 1070 g/mol. The average Bonchev–Trinajstić information content (AvgIpc) is 4.07. The molecule has 0 atom stereocenters. The summed E-state index contributed by atoms with van der Waals surface area (Å²) in [5.74, 6) is 0. The van der Waals surface area contributed by atoms with Crippen molar-refractivity contribution in [1.82, 2.24) is 19.1 Å². The Hall–Kier alpha value is -6.95. The second-order valence-corrected chi connectivity index (χ2v) is 22.2. The summed E-state index contributed by atoms with van der Waals surface area (Å²) in [7, 11) is 0. The summed E-state index contributed by atoms with van der Waals surface area (Å²) in [6.45, 7) is 22.6. The fourth-order valence-electron chi connectivity index (χ4n) is 9.88. The standard InChI is InChI=1S/C55H52N3S.C11H8N.Ir/c1-34-23-40(27-42(24-34)45-21-19-38(26-35(45)2)50-22-20-39(31-56-50)53-36(3)25-37(4)59-53)41-28-43(57-32-48(54(5,6)7)46-15-11-13-17-51(46)57)30-44(29-41)58-33-49(55(8,9)10)47-16-12-14-18-52(47)58;1-2-6-10(7-3-1)11-8-4-5-9-12-11;/h11-18,20-33H,1-10H3;1-6,8-9H;/q2*-1;. The molecule has 0 aliphatic heterocycles. The molecular formula is C66H60IrN4S-2. The molecule has 72 heavy (non-hydrogen) atoms. The van der Waals surface area contributed by atoms with Gasteiger partial charge < -0.3 is 19.1 Å². The minimum atomic E-state index is -0.0125. The Morgan fingerprint density at radius 1 is 0.500 bits per heavy atom. The van der Waals surface area contributed by atoms with Crippen LogP contribution in [-0.4, -0.2) is 19.1 Å². The predicted molar refractivity (Wildman–Crippen MR) is 301 cm³/mol. The van der Waals surface area contributed by atoms with Crippen LogP contribution in [0.4, 0.5) is 0 Å². The second-order valence-electron chi connectivity index (χ2n) is 20.9. The van der Waals surface area contributed by atoms with Crippen molar-refractivity contribution in [1.29, 1.82) is 0 Å². The molecule has 11 rings (SSSR count). The first-order valence-corrected chi connectivity index (χ1v) is 25.3. The molecule has 0 spiro atoms. The van der Waals surface area contributed by atoms with Gasteiger partial charge in [-0.3, -0.25) is 0 Å². The number of thiophene rings is 1. The largest absolute Gasteiger partial charge is 0.316 e. The molecule has 6 heteroatoms. The van der Waals surface area contributed by atoms with Gasteiger partial charge in [0.2, 0.25) is 0 Å². The number of nitrogens with zero attached hydrogens (tertiary/aromatic N) is 4. The molecule has 0 fully saturated rings. The fourth-order valence-corrected chi connectivity index (χ4v) is 10.9. The van der Waals surface area contributed by atoms with E-state index in [9.17, 15) is 0 Å². The van der Waals surface area contributed by atoms with Gasteiger partial charge in [0, 0.05) is 82.4 Å². The van der Waals surface area contributed by atoms with Crippen LogP contribution in [0, 0.1) is 39.8 Å². The molecule has 6 aromatic carbocycles. The Balaban J connectivity index is 0.000000430. The molecule has 361 valence electrons. The van der Waals surface area contributed by atoms with Crippen molar-refractivity contribution < 1.29 is 20.1 Å².